The summed E-state index contributed by atoms with van der Waals surface area (Å²) in [4.78, 5) is 23.9. The van der Waals surface area contributed by atoms with Gasteiger partial charge in [0.1, 0.15) is 15.6 Å². The molecule has 7 nitrogen and oxygen atoms in total. The van der Waals surface area contributed by atoms with E-state index in [9.17, 15) is 9.00 Å². The van der Waals surface area contributed by atoms with Crippen molar-refractivity contribution in [2.24, 2.45) is 5.41 Å². The van der Waals surface area contributed by atoms with Gasteiger partial charge in [0.2, 0.25) is 0 Å². The zero-order valence-electron chi connectivity index (χ0n) is 19.4. The van der Waals surface area contributed by atoms with E-state index in [1.807, 2.05) is 6.92 Å². The number of anilines is 1. The molecule has 3 heterocycles. The second-order valence-corrected chi connectivity index (χ2v) is 12.3. The highest BCUT2D eigenvalue weighted by atomic mass is 79.9. The highest BCUT2D eigenvalue weighted by Crippen LogP contribution is 2.57. The monoisotopic (exact) mass is 532 g/mol. The van der Waals surface area contributed by atoms with Crippen molar-refractivity contribution in [2.75, 3.05) is 24.6 Å². The van der Waals surface area contributed by atoms with Crippen LogP contribution in [-0.2, 0) is 26.9 Å². The molecule has 0 saturated carbocycles. The lowest BCUT2D eigenvalue weighted by molar-refractivity contribution is 0.0519. The average Bonchev–Trinajstić information content (AvgIpc) is 3.08. The molecule has 0 bridgehead atoms. The van der Waals surface area contributed by atoms with Crippen LogP contribution in [0.3, 0.4) is 0 Å². The molecule has 2 aromatic rings. The van der Waals surface area contributed by atoms with Gasteiger partial charge in [-0.05, 0) is 85.0 Å². The highest BCUT2D eigenvalue weighted by Gasteiger charge is 2.54. The van der Waals surface area contributed by atoms with Crippen molar-refractivity contribution in [3.63, 3.8) is 0 Å². The van der Waals surface area contributed by atoms with Crippen LogP contribution in [0.5, 0.6) is 0 Å². The Hall–Kier alpha value is -1.84. The predicted molar refractivity (Wildman–Crippen MR) is 131 cm³/mol. The average molecular weight is 533 g/mol. The van der Waals surface area contributed by atoms with Crippen molar-refractivity contribution in [3.05, 3.63) is 50.9 Å². The van der Waals surface area contributed by atoms with Crippen LogP contribution >= 0.6 is 15.9 Å². The zero-order valence-corrected chi connectivity index (χ0v) is 21.8. The van der Waals surface area contributed by atoms with Crippen LogP contribution in [0.1, 0.15) is 72.5 Å². The van der Waals surface area contributed by atoms with Crippen molar-refractivity contribution in [1.82, 2.24) is 14.7 Å². The lowest BCUT2D eigenvalue weighted by Gasteiger charge is -2.46. The van der Waals surface area contributed by atoms with Gasteiger partial charge in [-0.1, -0.05) is 18.2 Å². The minimum atomic E-state index is -1.15. The third-order valence-corrected chi connectivity index (χ3v) is 9.85. The number of esters is 1. The molecule has 2 aliphatic heterocycles. The fraction of sp³-hybridized carbons (Fsp3) is 0.542. The lowest BCUT2D eigenvalue weighted by atomic mass is 9.72. The van der Waals surface area contributed by atoms with Gasteiger partial charge in [-0.15, -0.1) is 0 Å². The summed E-state index contributed by atoms with van der Waals surface area (Å²) in [5, 5.41) is 0. The number of benzene rings is 1. The van der Waals surface area contributed by atoms with Gasteiger partial charge in [0.15, 0.2) is 11.5 Å². The molecule has 1 aromatic carbocycles. The number of hydrogen-bond donors (Lipinski definition) is 1. The van der Waals surface area contributed by atoms with Gasteiger partial charge in [0.05, 0.1) is 23.1 Å². The molecular weight excluding hydrogens is 504 g/mol. The Labute approximate surface area is 205 Å². The number of aryl methyl sites for hydroxylation is 1. The molecule has 0 amide bonds. The fourth-order valence-electron chi connectivity index (χ4n) is 5.63. The topological polar surface area (TPSA) is 84.4 Å². The maximum atomic E-state index is 13.1. The Morgan fingerprint density at radius 1 is 1.30 bits per heavy atom. The van der Waals surface area contributed by atoms with Gasteiger partial charge < -0.3 is 9.64 Å². The standard InChI is InChI=1S/C24H29BrN4O3S/c1-5-32-22(30)18-21(26-14(2)20(25)27-18)29-11-9-24(10-12-29)13-15-7-6-8-16-17(15)19(24)28-33(31)23(16,3)4/h6-8,19,28H,5,9-13H2,1-4H3/t19-,33+/m1/s1. The lowest BCUT2D eigenvalue weighted by Crippen LogP contribution is -2.50. The number of aromatic nitrogens is 2. The number of rotatable bonds is 3. The van der Waals surface area contributed by atoms with Crippen LogP contribution in [0.15, 0.2) is 22.8 Å². The Bertz CT molecular complexity index is 1160. The van der Waals surface area contributed by atoms with Gasteiger partial charge in [-0.3, -0.25) is 0 Å². The van der Waals surface area contributed by atoms with Gasteiger partial charge in [-0.25, -0.2) is 23.7 Å². The number of fused-ring (bicyclic) bond motifs is 1. The molecule has 33 heavy (non-hydrogen) atoms. The summed E-state index contributed by atoms with van der Waals surface area (Å²) in [6.45, 7) is 9.56. The molecule has 0 unspecified atom stereocenters. The normalized spacial score (nSPS) is 24.6. The molecule has 2 atom stereocenters. The van der Waals surface area contributed by atoms with Crippen LogP contribution in [0.4, 0.5) is 5.82 Å². The summed E-state index contributed by atoms with van der Waals surface area (Å²) in [5.41, 5.74) is 4.92. The summed E-state index contributed by atoms with van der Waals surface area (Å²) < 4.78 is 22.0. The van der Waals surface area contributed by atoms with Gasteiger partial charge in [0, 0.05) is 13.1 Å². The maximum Gasteiger partial charge on any atom is 0.360 e. The van der Waals surface area contributed by atoms with Crippen LogP contribution in [0, 0.1) is 12.3 Å². The molecule has 176 valence electrons. The third kappa shape index (κ3) is 3.54. The van der Waals surface area contributed by atoms with Crippen LogP contribution in [-0.4, -0.2) is 39.8 Å². The van der Waals surface area contributed by atoms with Crippen LogP contribution in [0.2, 0.25) is 0 Å². The number of carbonyl (C=O) groups excluding carboxylic acids is 1. The predicted octanol–water partition coefficient (Wildman–Crippen LogP) is 4.11. The fourth-order valence-corrected chi connectivity index (χ4v) is 7.15. The van der Waals surface area contributed by atoms with E-state index in [0.717, 1.165) is 38.0 Å². The minimum Gasteiger partial charge on any atom is -0.461 e. The number of hydrogen-bond acceptors (Lipinski definition) is 6. The quantitative estimate of drug-likeness (QED) is 0.598. The Kier molecular flexibility index (Phi) is 5.65. The van der Waals surface area contributed by atoms with Crippen molar-refractivity contribution in [2.45, 2.75) is 57.7 Å². The number of nitrogens with zero attached hydrogens (tertiary/aromatic N) is 3. The first-order chi connectivity index (χ1) is 15.7. The SMILES string of the molecule is CCOC(=O)c1nc(Br)c(C)nc1N1CCC2(CC1)Cc1cccc3c1[C@H]2N[S@@](=O)C3(C)C. The number of ether oxygens (including phenoxy) is 1. The Morgan fingerprint density at radius 2 is 2.03 bits per heavy atom. The van der Waals surface area contributed by atoms with E-state index in [1.54, 1.807) is 6.92 Å². The number of halogens is 1. The maximum absolute atomic E-state index is 13.1. The summed E-state index contributed by atoms with van der Waals surface area (Å²) in [6, 6.07) is 6.56. The summed E-state index contributed by atoms with van der Waals surface area (Å²) in [7, 11) is -1.15. The smallest absolute Gasteiger partial charge is 0.360 e. The van der Waals surface area contributed by atoms with Crippen molar-refractivity contribution in [1.29, 1.82) is 0 Å². The van der Waals surface area contributed by atoms with E-state index >= 15 is 0 Å². The van der Waals surface area contributed by atoms with E-state index in [4.69, 9.17) is 9.72 Å². The van der Waals surface area contributed by atoms with Crippen LogP contribution < -0.4 is 9.62 Å². The van der Waals surface area contributed by atoms with E-state index in [0.29, 0.717) is 10.4 Å². The first-order valence-electron chi connectivity index (χ1n) is 11.4. The number of piperidine rings is 1. The van der Waals surface area contributed by atoms with Gasteiger partial charge >= 0.3 is 5.97 Å². The summed E-state index contributed by atoms with van der Waals surface area (Å²) in [5.74, 6) is 0.131. The van der Waals surface area contributed by atoms with E-state index in [2.05, 4.69) is 62.6 Å². The van der Waals surface area contributed by atoms with E-state index < -0.39 is 21.7 Å². The van der Waals surface area contributed by atoms with E-state index in [1.165, 1.54) is 16.7 Å². The Morgan fingerprint density at radius 3 is 2.73 bits per heavy atom. The third-order valence-electron chi connectivity index (χ3n) is 7.50. The molecule has 1 saturated heterocycles. The molecule has 3 aliphatic rings. The van der Waals surface area contributed by atoms with Crippen molar-refractivity contribution < 1.29 is 13.7 Å². The molecule has 1 aliphatic carbocycles. The number of nitrogens with one attached hydrogen (secondary N) is 1. The molecular formula is C24H29BrN4O3S. The van der Waals surface area contributed by atoms with Gasteiger partial charge in [0.25, 0.3) is 0 Å². The largest absolute Gasteiger partial charge is 0.461 e. The first-order valence-corrected chi connectivity index (χ1v) is 13.4. The second kappa shape index (κ2) is 8.13. The minimum absolute atomic E-state index is 0.00300. The highest BCUT2D eigenvalue weighted by molar-refractivity contribution is 9.10. The number of carbonyl (C=O) groups is 1. The first kappa shape index (κ1) is 22.9. The molecule has 9 heteroatoms. The summed E-state index contributed by atoms with van der Waals surface area (Å²) in [6.07, 6.45) is 2.80. The van der Waals surface area contributed by atoms with Gasteiger partial charge in [-0.2, -0.15) is 0 Å². The van der Waals surface area contributed by atoms with E-state index in [-0.39, 0.29) is 23.8 Å². The molecule has 1 fully saturated rings. The molecule has 1 aromatic heterocycles. The van der Waals surface area contributed by atoms with Crippen LogP contribution in [0.25, 0.3) is 0 Å². The molecule has 0 radical (unpaired) electrons. The molecule has 1 N–H and O–H groups in total. The Balaban J connectivity index is 1.45. The van der Waals surface area contributed by atoms with Crippen molar-refractivity contribution >= 4 is 38.7 Å². The second-order valence-electron chi connectivity index (χ2n) is 9.73. The molecule has 1 spiro atoms. The zero-order chi connectivity index (χ0) is 23.5. The van der Waals surface area contributed by atoms with Crippen molar-refractivity contribution in [3.8, 4) is 0 Å². The summed E-state index contributed by atoms with van der Waals surface area (Å²) >= 11 is 3.40. The molecule has 5 rings (SSSR count).